The normalized spacial score (nSPS) is 10.4. The Morgan fingerprint density at radius 2 is 2.00 bits per heavy atom. The molecule has 0 bridgehead atoms. The molecule has 1 aromatic rings. The second-order valence-electron chi connectivity index (χ2n) is 3.07. The first-order valence-corrected chi connectivity index (χ1v) is 5.77. The van der Waals surface area contributed by atoms with Gasteiger partial charge in [0.25, 0.3) is 0 Å². The van der Waals surface area contributed by atoms with Crippen LogP contribution in [0.25, 0.3) is 0 Å². The molecule has 0 aromatic heterocycles. The van der Waals surface area contributed by atoms with E-state index in [0.29, 0.717) is 6.42 Å². The van der Waals surface area contributed by atoms with Crippen molar-refractivity contribution in [1.82, 2.24) is 5.32 Å². The Morgan fingerprint density at radius 1 is 1.29 bits per heavy atom. The van der Waals surface area contributed by atoms with Crippen molar-refractivity contribution in [3.63, 3.8) is 0 Å². The number of thioether (sulfide) groups is 1. The maximum Gasteiger partial charge on any atom is 0.0902 e. The van der Waals surface area contributed by atoms with E-state index in [9.17, 15) is 4.39 Å². The van der Waals surface area contributed by atoms with Crippen molar-refractivity contribution in [2.24, 2.45) is 0 Å². The molecule has 1 aromatic carbocycles. The van der Waals surface area contributed by atoms with E-state index in [1.807, 2.05) is 7.05 Å². The highest BCUT2D eigenvalue weighted by Gasteiger charge is 1.94. The molecule has 0 aliphatic rings. The smallest absolute Gasteiger partial charge is 0.0902 e. The van der Waals surface area contributed by atoms with Gasteiger partial charge in [0.1, 0.15) is 0 Å². The van der Waals surface area contributed by atoms with Crippen molar-refractivity contribution < 1.29 is 4.39 Å². The highest BCUT2D eigenvalue weighted by Crippen LogP contribution is 2.19. The summed E-state index contributed by atoms with van der Waals surface area (Å²) in [6.07, 6.45) is 0.642. The van der Waals surface area contributed by atoms with Gasteiger partial charge in [-0.3, -0.25) is 4.39 Å². The van der Waals surface area contributed by atoms with Crippen LogP contribution in [0.4, 0.5) is 4.39 Å². The van der Waals surface area contributed by atoms with Crippen LogP contribution in [0.1, 0.15) is 12.0 Å². The fourth-order valence-corrected chi connectivity index (χ4v) is 1.97. The Labute approximate surface area is 89.1 Å². The summed E-state index contributed by atoms with van der Waals surface area (Å²) in [7, 11) is 1.93. The van der Waals surface area contributed by atoms with E-state index >= 15 is 0 Å². The van der Waals surface area contributed by atoms with Crippen molar-refractivity contribution in [3.05, 3.63) is 29.8 Å². The van der Waals surface area contributed by atoms with Crippen LogP contribution in [0.3, 0.4) is 0 Å². The Kier molecular flexibility index (Phi) is 5.64. The van der Waals surface area contributed by atoms with Gasteiger partial charge in [-0.2, -0.15) is 0 Å². The van der Waals surface area contributed by atoms with E-state index in [-0.39, 0.29) is 6.67 Å². The zero-order valence-corrected chi connectivity index (χ0v) is 9.24. The maximum absolute atomic E-state index is 11.8. The molecular weight excluding hydrogens is 197 g/mol. The summed E-state index contributed by atoms with van der Waals surface area (Å²) in [5.41, 5.74) is 1.28. The average Bonchev–Trinajstić information content (AvgIpc) is 2.21. The van der Waals surface area contributed by atoms with Crippen LogP contribution in [0.2, 0.25) is 0 Å². The molecule has 0 spiro atoms. The minimum Gasteiger partial charge on any atom is -0.316 e. The molecule has 0 unspecified atom stereocenters. The highest BCUT2D eigenvalue weighted by molar-refractivity contribution is 7.99. The van der Waals surface area contributed by atoms with Gasteiger partial charge in [0, 0.05) is 17.2 Å². The largest absolute Gasteiger partial charge is 0.316 e. The number of nitrogens with one attached hydrogen (secondary N) is 1. The Balaban J connectivity index is 2.38. The van der Waals surface area contributed by atoms with Gasteiger partial charge in [0.15, 0.2) is 0 Å². The molecule has 1 nitrogen and oxygen atoms in total. The fraction of sp³-hybridized carbons (Fsp3) is 0.455. The summed E-state index contributed by atoms with van der Waals surface area (Å²) < 4.78 is 11.8. The SMILES string of the molecule is CNCc1ccc(SCCCF)cc1. The second kappa shape index (κ2) is 6.85. The third-order valence-corrected chi connectivity index (χ3v) is 2.95. The van der Waals surface area contributed by atoms with Gasteiger partial charge in [-0.15, -0.1) is 11.8 Å². The molecule has 0 amide bonds. The molecule has 14 heavy (non-hydrogen) atoms. The second-order valence-corrected chi connectivity index (χ2v) is 4.23. The number of hydrogen-bond acceptors (Lipinski definition) is 2. The van der Waals surface area contributed by atoms with Gasteiger partial charge < -0.3 is 5.32 Å². The van der Waals surface area contributed by atoms with E-state index in [0.717, 1.165) is 12.3 Å². The van der Waals surface area contributed by atoms with Crippen LogP contribution in [-0.2, 0) is 6.54 Å². The summed E-state index contributed by atoms with van der Waals surface area (Å²) in [5.74, 6) is 0.863. The lowest BCUT2D eigenvalue weighted by Crippen LogP contribution is -2.04. The van der Waals surface area contributed by atoms with Gasteiger partial charge in [-0.05, 0) is 31.2 Å². The van der Waals surface area contributed by atoms with E-state index in [1.54, 1.807) is 11.8 Å². The first kappa shape index (κ1) is 11.5. The van der Waals surface area contributed by atoms with Gasteiger partial charge in [-0.25, -0.2) is 0 Å². The molecule has 0 radical (unpaired) electrons. The van der Waals surface area contributed by atoms with Crippen molar-refractivity contribution in [2.75, 3.05) is 19.5 Å². The maximum atomic E-state index is 11.8. The van der Waals surface area contributed by atoms with Gasteiger partial charge in [0.2, 0.25) is 0 Å². The predicted octanol–water partition coefficient (Wildman–Crippen LogP) is 2.86. The number of rotatable bonds is 6. The standard InChI is InChI=1S/C11H16FNS/c1-13-9-10-3-5-11(6-4-10)14-8-2-7-12/h3-6,13H,2,7-9H2,1H3. The summed E-state index contributed by atoms with van der Waals surface area (Å²) in [6, 6.07) is 8.40. The Bertz CT molecular complexity index is 248. The first-order valence-electron chi connectivity index (χ1n) is 4.79. The summed E-state index contributed by atoms with van der Waals surface area (Å²) in [6.45, 7) is 0.681. The molecule has 0 atom stereocenters. The summed E-state index contributed by atoms with van der Waals surface area (Å²) in [5, 5.41) is 3.10. The Hall–Kier alpha value is -0.540. The van der Waals surface area contributed by atoms with Crippen LogP contribution in [-0.4, -0.2) is 19.5 Å². The van der Waals surface area contributed by atoms with Gasteiger partial charge >= 0.3 is 0 Å². The fourth-order valence-electron chi connectivity index (χ4n) is 1.15. The summed E-state index contributed by atoms with van der Waals surface area (Å²) in [4.78, 5) is 1.22. The van der Waals surface area contributed by atoms with E-state index in [4.69, 9.17) is 0 Å². The monoisotopic (exact) mass is 213 g/mol. The van der Waals surface area contributed by atoms with Crippen molar-refractivity contribution in [3.8, 4) is 0 Å². The molecule has 1 rings (SSSR count). The molecule has 0 fully saturated rings. The number of halogens is 1. The van der Waals surface area contributed by atoms with E-state index < -0.39 is 0 Å². The predicted molar refractivity (Wildman–Crippen MR) is 60.5 cm³/mol. The van der Waals surface area contributed by atoms with Gasteiger partial charge in [0.05, 0.1) is 6.67 Å². The lowest BCUT2D eigenvalue weighted by molar-refractivity contribution is 0.489. The van der Waals surface area contributed by atoms with Gasteiger partial charge in [-0.1, -0.05) is 12.1 Å². The number of benzene rings is 1. The minimum atomic E-state index is -0.217. The minimum absolute atomic E-state index is 0.217. The summed E-state index contributed by atoms with van der Waals surface area (Å²) >= 11 is 1.71. The lowest BCUT2D eigenvalue weighted by Gasteiger charge is -2.02. The van der Waals surface area contributed by atoms with Crippen molar-refractivity contribution >= 4 is 11.8 Å². The number of hydrogen-bond donors (Lipinski definition) is 1. The molecule has 0 aliphatic heterocycles. The highest BCUT2D eigenvalue weighted by atomic mass is 32.2. The van der Waals surface area contributed by atoms with Crippen LogP contribution in [0, 0.1) is 0 Å². The molecule has 0 heterocycles. The first-order chi connectivity index (χ1) is 6.86. The zero-order chi connectivity index (χ0) is 10.2. The number of alkyl halides is 1. The van der Waals surface area contributed by atoms with E-state index in [2.05, 4.69) is 29.6 Å². The zero-order valence-electron chi connectivity index (χ0n) is 8.42. The topological polar surface area (TPSA) is 12.0 Å². The molecule has 0 saturated carbocycles. The molecule has 3 heteroatoms. The van der Waals surface area contributed by atoms with Crippen molar-refractivity contribution in [1.29, 1.82) is 0 Å². The molecule has 78 valence electrons. The van der Waals surface area contributed by atoms with Crippen LogP contribution in [0.5, 0.6) is 0 Å². The molecule has 0 saturated heterocycles. The Morgan fingerprint density at radius 3 is 2.57 bits per heavy atom. The molecule has 0 aliphatic carbocycles. The van der Waals surface area contributed by atoms with E-state index in [1.165, 1.54) is 10.5 Å². The quantitative estimate of drug-likeness (QED) is 0.576. The van der Waals surface area contributed by atoms with Crippen molar-refractivity contribution in [2.45, 2.75) is 17.9 Å². The lowest BCUT2D eigenvalue weighted by atomic mass is 10.2. The molecule has 1 N–H and O–H groups in total. The van der Waals surface area contributed by atoms with Crippen LogP contribution >= 0.6 is 11.8 Å². The third-order valence-electron chi connectivity index (χ3n) is 1.85. The third kappa shape index (κ3) is 4.11. The van der Waals surface area contributed by atoms with Crippen LogP contribution in [0.15, 0.2) is 29.2 Å². The average molecular weight is 213 g/mol. The molecular formula is C11H16FNS. The van der Waals surface area contributed by atoms with Crippen LogP contribution < -0.4 is 5.32 Å².